The monoisotopic (exact) mass is 282 g/mol. The van der Waals surface area contributed by atoms with Crippen LogP contribution in [0.5, 0.6) is 0 Å². The van der Waals surface area contributed by atoms with Crippen LogP contribution >= 0.6 is 0 Å². The Labute approximate surface area is 121 Å². The summed E-state index contributed by atoms with van der Waals surface area (Å²) in [5.41, 5.74) is 0. The van der Waals surface area contributed by atoms with Crippen molar-refractivity contribution in [2.75, 3.05) is 59.4 Å². The second-order valence-corrected chi connectivity index (χ2v) is 5.80. The minimum Gasteiger partial charge on any atom is -0.356 e. The van der Waals surface area contributed by atoms with E-state index in [2.05, 4.69) is 22.2 Å². The lowest BCUT2D eigenvalue weighted by atomic mass is 10.1. The van der Waals surface area contributed by atoms with Crippen molar-refractivity contribution in [3.8, 4) is 0 Å². The van der Waals surface area contributed by atoms with Crippen molar-refractivity contribution in [1.82, 2.24) is 20.0 Å². The third-order valence-electron chi connectivity index (χ3n) is 4.21. The van der Waals surface area contributed by atoms with Crippen molar-refractivity contribution < 1.29 is 9.59 Å². The van der Waals surface area contributed by atoms with Crippen LogP contribution in [0.1, 0.15) is 13.3 Å². The number of likely N-dealkylation sites (N-methyl/N-ethyl adjacent to an activating group) is 1. The Bertz CT molecular complexity index is 353. The van der Waals surface area contributed by atoms with Gasteiger partial charge in [-0.05, 0) is 26.9 Å². The second-order valence-electron chi connectivity index (χ2n) is 5.80. The summed E-state index contributed by atoms with van der Waals surface area (Å²) in [7, 11) is 2.08. The first-order chi connectivity index (χ1) is 9.60. The normalized spacial score (nSPS) is 24.9. The fraction of sp³-hybridized carbons (Fsp3) is 0.857. The minimum absolute atomic E-state index is 0.0511. The van der Waals surface area contributed by atoms with E-state index < -0.39 is 0 Å². The Balaban J connectivity index is 1.74. The van der Waals surface area contributed by atoms with Crippen LogP contribution in [-0.4, -0.2) is 85.9 Å². The van der Waals surface area contributed by atoms with Crippen molar-refractivity contribution in [3.63, 3.8) is 0 Å². The molecule has 0 aromatic heterocycles. The van der Waals surface area contributed by atoms with E-state index in [0.29, 0.717) is 19.6 Å². The Morgan fingerprint density at radius 2 is 1.85 bits per heavy atom. The fourth-order valence-electron chi connectivity index (χ4n) is 2.86. The van der Waals surface area contributed by atoms with E-state index >= 15 is 0 Å². The molecule has 0 bridgehead atoms. The molecule has 6 heteroatoms. The van der Waals surface area contributed by atoms with E-state index in [4.69, 9.17) is 0 Å². The van der Waals surface area contributed by atoms with E-state index in [1.54, 1.807) is 0 Å². The van der Waals surface area contributed by atoms with E-state index in [1.165, 1.54) is 0 Å². The molecule has 1 N–H and O–H groups in total. The Hall–Kier alpha value is -1.14. The molecule has 20 heavy (non-hydrogen) atoms. The molecular weight excluding hydrogens is 256 g/mol. The summed E-state index contributed by atoms with van der Waals surface area (Å²) in [5, 5.41) is 2.86. The average Bonchev–Trinajstić information content (AvgIpc) is 2.88. The van der Waals surface area contributed by atoms with Gasteiger partial charge in [-0.25, -0.2) is 0 Å². The highest BCUT2D eigenvalue weighted by Gasteiger charge is 2.30. The first-order valence-corrected chi connectivity index (χ1v) is 7.56. The molecule has 114 valence electrons. The number of piperazine rings is 1. The Kier molecular flexibility index (Phi) is 5.37. The summed E-state index contributed by atoms with van der Waals surface area (Å²) in [6.45, 7) is 8.18. The molecule has 0 aliphatic carbocycles. The quantitative estimate of drug-likeness (QED) is 0.735. The molecule has 0 radical (unpaired) electrons. The van der Waals surface area contributed by atoms with Gasteiger partial charge in [0.25, 0.3) is 0 Å². The number of nitrogens with one attached hydrogen (secondary N) is 1. The minimum atomic E-state index is 0.0511. The lowest BCUT2D eigenvalue weighted by molar-refractivity contribution is -0.134. The third kappa shape index (κ3) is 3.93. The second kappa shape index (κ2) is 7.04. The van der Waals surface area contributed by atoms with Gasteiger partial charge in [-0.15, -0.1) is 0 Å². The smallest absolute Gasteiger partial charge is 0.236 e. The number of carbonyl (C=O) groups is 2. The number of rotatable bonds is 4. The van der Waals surface area contributed by atoms with Gasteiger partial charge < -0.3 is 15.1 Å². The largest absolute Gasteiger partial charge is 0.356 e. The molecule has 0 aromatic carbocycles. The maximum absolute atomic E-state index is 12.2. The van der Waals surface area contributed by atoms with Gasteiger partial charge in [-0.2, -0.15) is 0 Å². The number of carbonyl (C=O) groups excluding carboxylic acids is 2. The summed E-state index contributed by atoms with van der Waals surface area (Å²) >= 11 is 0. The summed E-state index contributed by atoms with van der Waals surface area (Å²) in [5.74, 6) is 0.381. The van der Waals surface area contributed by atoms with Gasteiger partial charge in [-0.3, -0.25) is 14.5 Å². The maximum atomic E-state index is 12.2. The van der Waals surface area contributed by atoms with Crippen LogP contribution in [0.2, 0.25) is 0 Å². The van der Waals surface area contributed by atoms with Crippen molar-refractivity contribution in [3.05, 3.63) is 0 Å². The van der Waals surface area contributed by atoms with Crippen LogP contribution in [-0.2, 0) is 9.59 Å². The van der Waals surface area contributed by atoms with Crippen LogP contribution in [0.3, 0.4) is 0 Å². The van der Waals surface area contributed by atoms with E-state index in [0.717, 1.165) is 39.1 Å². The molecule has 6 nitrogen and oxygen atoms in total. The summed E-state index contributed by atoms with van der Waals surface area (Å²) < 4.78 is 0. The zero-order valence-corrected chi connectivity index (χ0v) is 12.6. The van der Waals surface area contributed by atoms with Crippen LogP contribution in [0.15, 0.2) is 0 Å². The molecule has 2 saturated heterocycles. The number of amides is 2. The first-order valence-electron chi connectivity index (χ1n) is 7.56. The summed E-state index contributed by atoms with van der Waals surface area (Å²) in [4.78, 5) is 30.3. The van der Waals surface area contributed by atoms with Crippen molar-refractivity contribution >= 4 is 11.8 Å². The summed E-state index contributed by atoms with van der Waals surface area (Å²) in [6, 6.07) is 0. The molecule has 2 rings (SSSR count). The molecule has 2 amide bonds. The van der Waals surface area contributed by atoms with Crippen LogP contribution < -0.4 is 5.32 Å². The topological polar surface area (TPSA) is 55.9 Å². The predicted octanol–water partition coefficient (Wildman–Crippen LogP) is -0.782. The van der Waals surface area contributed by atoms with Gasteiger partial charge in [0, 0.05) is 39.3 Å². The average molecular weight is 282 g/mol. The SMILES string of the molecule is CCNC(=O)C1CCN(CC(=O)N2CCN(C)CC2)C1. The molecule has 1 unspecified atom stereocenters. The van der Waals surface area contributed by atoms with E-state index in [9.17, 15) is 9.59 Å². The molecule has 0 spiro atoms. The number of hydrogen-bond donors (Lipinski definition) is 1. The maximum Gasteiger partial charge on any atom is 0.236 e. The molecule has 2 fully saturated rings. The van der Waals surface area contributed by atoms with Gasteiger partial charge in [0.2, 0.25) is 11.8 Å². The highest BCUT2D eigenvalue weighted by molar-refractivity contribution is 5.80. The van der Waals surface area contributed by atoms with Gasteiger partial charge in [-0.1, -0.05) is 0 Å². The van der Waals surface area contributed by atoms with Crippen molar-refractivity contribution in [1.29, 1.82) is 0 Å². The summed E-state index contributed by atoms with van der Waals surface area (Å²) in [6.07, 6.45) is 0.863. The molecule has 1 atom stereocenters. The van der Waals surface area contributed by atoms with Gasteiger partial charge in [0.1, 0.15) is 0 Å². The molecule has 2 aliphatic heterocycles. The molecular formula is C14H26N4O2. The van der Waals surface area contributed by atoms with E-state index in [-0.39, 0.29) is 17.7 Å². The zero-order valence-electron chi connectivity index (χ0n) is 12.6. The van der Waals surface area contributed by atoms with Crippen molar-refractivity contribution in [2.45, 2.75) is 13.3 Å². The lowest BCUT2D eigenvalue weighted by Gasteiger charge is -2.33. The Morgan fingerprint density at radius 3 is 2.50 bits per heavy atom. The van der Waals surface area contributed by atoms with Crippen LogP contribution in [0, 0.1) is 5.92 Å². The number of nitrogens with zero attached hydrogens (tertiary/aromatic N) is 3. The van der Waals surface area contributed by atoms with Crippen LogP contribution in [0.25, 0.3) is 0 Å². The lowest BCUT2D eigenvalue weighted by Crippen LogP contribution is -2.50. The standard InChI is InChI=1S/C14H26N4O2/c1-3-15-14(20)12-4-5-17(10-12)11-13(19)18-8-6-16(2)7-9-18/h12H,3-11H2,1-2H3,(H,15,20). The molecule has 0 saturated carbocycles. The number of likely N-dealkylation sites (tertiary alicyclic amines) is 1. The predicted molar refractivity (Wildman–Crippen MR) is 77.3 cm³/mol. The Morgan fingerprint density at radius 1 is 1.15 bits per heavy atom. The molecule has 0 aromatic rings. The first kappa shape index (κ1) is 15.3. The zero-order chi connectivity index (χ0) is 14.5. The molecule has 2 heterocycles. The van der Waals surface area contributed by atoms with Crippen molar-refractivity contribution in [2.24, 2.45) is 5.92 Å². The van der Waals surface area contributed by atoms with E-state index in [1.807, 2.05) is 11.8 Å². The van der Waals surface area contributed by atoms with Gasteiger partial charge >= 0.3 is 0 Å². The number of hydrogen-bond acceptors (Lipinski definition) is 4. The van der Waals surface area contributed by atoms with Gasteiger partial charge in [0.05, 0.1) is 12.5 Å². The highest BCUT2D eigenvalue weighted by Crippen LogP contribution is 2.16. The fourth-order valence-corrected chi connectivity index (χ4v) is 2.86. The van der Waals surface area contributed by atoms with Crippen LogP contribution in [0.4, 0.5) is 0 Å². The van der Waals surface area contributed by atoms with Gasteiger partial charge in [0.15, 0.2) is 0 Å². The molecule has 2 aliphatic rings. The third-order valence-corrected chi connectivity index (χ3v) is 4.21. The highest BCUT2D eigenvalue weighted by atomic mass is 16.2.